The van der Waals surface area contributed by atoms with Crippen molar-refractivity contribution in [1.82, 2.24) is 9.80 Å². The molecule has 5 heteroatoms. The molecule has 0 aromatic heterocycles. The Hall–Kier alpha value is -0.200. The van der Waals surface area contributed by atoms with E-state index in [-0.39, 0.29) is 12.8 Å². The van der Waals surface area contributed by atoms with Gasteiger partial charge in [-0.3, -0.25) is 4.90 Å². The number of ether oxygens (including phenoxy) is 1. The average molecular weight is 218 g/mol. The Kier molecular flexibility index (Phi) is 4.48. The fourth-order valence-corrected chi connectivity index (χ4v) is 2.11. The first-order chi connectivity index (χ1) is 6.98. The van der Waals surface area contributed by atoms with Gasteiger partial charge in [0, 0.05) is 33.3 Å². The van der Waals surface area contributed by atoms with Crippen LogP contribution in [-0.2, 0) is 4.74 Å². The number of methoxy groups -OCH3 is 1. The van der Waals surface area contributed by atoms with Gasteiger partial charge in [-0.15, -0.1) is 0 Å². The van der Waals surface area contributed by atoms with Gasteiger partial charge in [0.25, 0.3) is 0 Å². The zero-order valence-electron chi connectivity index (χ0n) is 9.81. The van der Waals surface area contributed by atoms with Crippen molar-refractivity contribution in [3.63, 3.8) is 0 Å². The molecule has 5 nitrogen and oxygen atoms in total. The van der Waals surface area contributed by atoms with Gasteiger partial charge in [0.15, 0.2) is 0 Å². The minimum atomic E-state index is -0.753. The molecular weight excluding hydrogens is 196 g/mol. The highest BCUT2D eigenvalue weighted by atomic mass is 16.5. The smallest absolute Gasteiger partial charge is 0.133 e. The Morgan fingerprint density at radius 3 is 2.60 bits per heavy atom. The lowest BCUT2D eigenvalue weighted by atomic mass is 10.1. The third kappa shape index (κ3) is 3.70. The topological polar surface area (TPSA) is 56.2 Å². The van der Waals surface area contributed by atoms with E-state index < -0.39 is 5.60 Å². The Labute approximate surface area is 91.2 Å². The van der Waals surface area contributed by atoms with Crippen LogP contribution in [0, 0.1) is 0 Å². The second-order valence-corrected chi connectivity index (χ2v) is 4.58. The van der Waals surface area contributed by atoms with Crippen LogP contribution in [-0.4, -0.2) is 78.8 Å². The number of rotatable bonds is 3. The third-order valence-corrected chi connectivity index (χ3v) is 2.76. The lowest BCUT2D eigenvalue weighted by molar-refractivity contribution is -0.0871. The first-order valence-corrected chi connectivity index (χ1v) is 5.27. The van der Waals surface area contributed by atoms with Gasteiger partial charge in [0.1, 0.15) is 6.23 Å². The summed E-state index contributed by atoms with van der Waals surface area (Å²) in [5, 5.41) is 19.3. The maximum absolute atomic E-state index is 10.1. The largest absolute Gasteiger partial charge is 0.392 e. The zero-order chi connectivity index (χ0) is 11.5. The summed E-state index contributed by atoms with van der Waals surface area (Å²) < 4.78 is 5.17. The number of likely N-dealkylation sites (N-methyl/N-ethyl adjacent to an activating group) is 1. The molecule has 1 aliphatic heterocycles. The fourth-order valence-electron chi connectivity index (χ4n) is 2.11. The van der Waals surface area contributed by atoms with Gasteiger partial charge >= 0.3 is 0 Å². The van der Waals surface area contributed by atoms with Gasteiger partial charge in [-0.05, 0) is 14.0 Å². The second kappa shape index (κ2) is 5.23. The van der Waals surface area contributed by atoms with E-state index in [1.54, 1.807) is 7.11 Å². The van der Waals surface area contributed by atoms with Crippen LogP contribution < -0.4 is 0 Å². The summed E-state index contributed by atoms with van der Waals surface area (Å²) >= 11 is 0. The average Bonchev–Trinajstić information content (AvgIpc) is 2.26. The second-order valence-electron chi connectivity index (χ2n) is 4.58. The standard InChI is InChI=1S/C10H22N2O3/c1-10(14)7-11(2)4-5-12(8-10)9(6-13)15-3/h9,13-14H,4-8H2,1-3H3. The molecule has 1 heterocycles. The minimum absolute atomic E-state index is 0.0453. The molecular formula is C10H22N2O3. The van der Waals surface area contributed by atoms with Gasteiger partial charge < -0.3 is 19.8 Å². The summed E-state index contributed by atoms with van der Waals surface area (Å²) in [7, 11) is 3.56. The highest BCUT2D eigenvalue weighted by Crippen LogP contribution is 2.14. The number of aliphatic hydroxyl groups excluding tert-OH is 1. The number of aliphatic hydroxyl groups is 2. The quantitative estimate of drug-likeness (QED) is 0.633. The van der Waals surface area contributed by atoms with E-state index in [2.05, 4.69) is 4.90 Å². The normalized spacial score (nSPS) is 32.6. The molecule has 0 saturated carbocycles. The number of hydrogen-bond acceptors (Lipinski definition) is 5. The molecule has 1 fully saturated rings. The molecule has 2 N–H and O–H groups in total. The van der Waals surface area contributed by atoms with Crippen LogP contribution in [0.2, 0.25) is 0 Å². The minimum Gasteiger partial charge on any atom is -0.392 e. The molecule has 1 rings (SSSR count). The van der Waals surface area contributed by atoms with Gasteiger partial charge in [-0.2, -0.15) is 0 Å². The van der Waals surface area contributed by atoms with Crippen LogP contribution in [0.15, 0.2) is 0 Å². The molecule has 2 atom stereocenters. The van der Waals surface area contributed by atoms with Gasteiger partial charge in [0.05, 0.1) is 12.2 Å². The highest BCUT2D eigenvalue weighted by Gasteiger charge is 2.32. The first kappa shape index (κ1) is 12.9. The predicted molar refractivity (Wildman–Crippen MR) is 57.6 cm³/mol. The van der Waals surface area contributed by atoms with E-state index in [0.717, 1.165) is 13.1 Å². The molecule has 0 bridgehead atoms. The van der Waals surface area contributed by atoms with E-state index in [9.17, 15) is 5.11 Å². The summed E-state index contributed by atoms with van der Waals surface area (Å²) in [5.74, 6) is 0. The summed E-state index contributed by atoms with van der Waals surface area (Å²) in [6, 6.07) is 0. The summed E-state index contributed by atoms with van der Waals surface area (Å²) in [6.07, 6.45) is -0.317. The molecule has 2 unspecified atom stereocenters. The molecule has 15 heavy (non-hydrogen) atoms. The Bertz CT molecular complexity index is 195. The van der Waals surface area contributed by atoms with Crippen molar-refractivity contribution >= 4 is 0 Å². The van der Waals surface area contributed by atoms with Crippen molar-refractivity contribution in [3.05, 3.63) is 0 Å². The number of β-amino-alcohol motifs (C(OH)–C–C–N with tert-alkyl or cyclic N) is 1. The fraction of sp³-hybridized carbons (Fsp3) is 1.00. The lowest BCUT2D eigenvalue weighted by Crippen LogP contribution is -2.48. The SMILES string of the molecule is COC(CO)N1CCN(C)CC(C)(O)C1. The van der Waals surface area contributed by atoms with Crippen LogP contribution >= 0.6 is 0 Å². The van der Waals surface area contributed by atoms with E-state index in [4.69, 9.17) is 9.84 Å². The lowest BCUT2D eigenvalue weighted by Gasteiger charge is -2.32. The van der Waals surface area contributed by atoms with Crippen LogP contribution in [0.4, 0.5) is 0 Å². The van der Waals surface area contributed by atoms with E-state index in [0.29, 0.717) is 13.1 Å². The molecule has 0 radical (unpaired) electrons. The number of hydrogen-bond donors (Lipinski definition) is 2. The van der Waals surface area contributed by atoms with Crippen molar-refractivity contribution in [2.24, 2.45) is 0 Å². The van der Waals surface area contributed by atoms with Crippen molar-refractivity contribution < 1.29 is 14.9 Å². The van der Waals surface area contributed by atoms with Gasteiger partial charge in [-0.1, -0.05) is 0 Å². The monoisotopic (exact) mass is 218 g/mol. The Balaban J connectivity index is 2.65. The molecule has 1 aliphatic rings. The molecule has 0 aromatic carbocycles. The van der Waals surface area contributed by atoms with Gasteiger partial charge in [-0.25, -0.2) is 0 Å². The summed E-state index contributed by atoms with van der Waals surface area (Å²) in [6.45, 7) is 4.60. The molecule has 0 aliphatic carbocycles. The third-order valence-electron chi connectivity index (χ3n) is 2.76. The number of nitrogens with zero attached hydrogens (tertiary/aromatic N) is 2. The molecule has 90 valence electrons. The van der Waals surface area contributed by atoms with E-state index >= 15 is 0 Å². The van der Waals surface area contributed by atoms with E-state index in [1.165, 1.54) is 0 Å². The van der Waals surface area contributed by atoms with E-state index in [1.807, 2.05) is 18.9 Å². The molecule has 0 amide bonds. The maximum Gasteiger partial charge on any atom is 0.133 e. The van der Waals surface area contributed by atoms with Crippen LogP contribution in [0.25, 0.3) is 0 Å². The first-order valence-electron chi connectivity index (χ1n) is 5.27. The highest BCUT2D eigenvalue weighted by molar-refractivity contribution is 4.85. The predicted octanol–water partition coefficient (Wildman–Crippen LogP) is -1.05. The van der Waals surface area contributed by atoms with Crippen molar-refractivity contribution in [2.45, 2.75) is 18.8 Å². The van der Waals surface area contributed by atoms with Crippen LogP contribution in [0.1, 0.15) is 6.92 Å². The molecule has 0 aromatic rings. The zero-order valence-corrected chi connectivity index (χ0v) is 9.81. The maximum atomic E-state index is 10.1. The molecule has 1 saturated heterocycles. The van der Waals surface area contributed by atoms with Crippen molar-refractivity contribution in [1.29, 1.82) is 0 Å². The van der Waals surface area contributed by atoms with Gasteiger partial charge in [0.2, 0.25) is 0 Å². The Morgan fingerprint density at radius 2 is 2.07 bits per heavy atom. The summed E-state index contributed by atoms with van der Waals surface area (Å²) in [4.78, 5) is 4.06. The van der Waals surface area contributed by atoms with Crippen LogP contribution in [0.3, 0.4) is 0 Å². The summed E-state index contributed by atoms with van der Waals surface area (Å²) in [5.41, 5.74) is -0.753. The Morgan fingerprint density at radius 1 is 1.40 bits per heavy atom. The van der Waals surface area contributed by atoms with Crippen molar-refractivity contribution in [3.8, 4) is 0 Å². The molecule has 0 spiro atoms. The van der Waals surface area contributed by atoms with Crippen LogP contribution in [0.5, 0.6) is 0 Å². The van der Waals surface area contributed by atoms with Crippen molar-refractivity contribution in [2.75, 3.05) is 46.9 Å².